The summed E-state index contributed by atoms with van der Waals surface area (Å²) in [6.45, 7) is 0. The number of likely N-dealkylation sites (N-methyl/N-ethyl adjacent to an activating group) is 1. The van der Waals surface area contributed by atoms with Crippen molar-refractivity contribution in [2.24, 2.45) is 0 Å². The van der Waals surface area contributed by atoms with Crippen LogP contribution in [0.5, 0.6) is 5.75 Å². The Morgan fingerprint density at radius 1 is 0.885 bits per heavy atom. The average molecular weight is 366 g/mol. The maximum atomic E-state index is 6.55. The molecule has 0 saturated heterocycles. The quantitative estimate of drug-likeness (QED) is 0.689. The van der Waals surface area contributed by atoms with Crippen LogP contribution in [0.1, 0.15) is 28.4 Å². The van der Waals surface area contributed by atoms with E-state index in [2.05, 4.69) is 84.2 Å². The highest BCUT2D eigenvalue weighted by Gasteiger charge is 2.33. The lowest BCUT2D eigenvalue weighted by molar-refractivity contribution is 0.171. The highest BCUT2D eigenvalue weighted by Crippen LogP contribution is 2.36. The molecule has 0 amide bonds. The number of halogens is 1. The van der Waals surface area contributed by atoms with Crippen molar-refractivity contribution in [1.82, 2.24) is 5.32 Å². The molecule has 3 aromatic carbocycles. The van der Waals surface area contributed by atoms with Crippen LogP contribution < -0.4 is 10.1 Å². The number of hydrogen-bond acceptors (Lipinski definition) is 2. The summed E-state index contributed by atoms with van der Waals surface area (Å²) in [5.74, 6) is 0.980. The molecule has 0 bridgehead atoms. The molecule has 0 unspecified atom stereocenters. The monoisotopic (exact) mass is 365 g/mol. The van der Waals surface area contributed by atoms with Gasteiger partial charge in [0.2, 0.25) is 0 Å². The summed E-state index contributed by atoms with van der Waals surface area (Å²) in [5, 5.41) is 3.43. The Kier molecular flexibility index (Phi) is 5.97. The fraction of sp³-hybridized carbons (Fsp3) is 0.217. The van der Waals surface area contributed by atoms with E-state index >= 15 is 0 Å². The summed E-state index contributed by atoms with van der Waals surface area (Å²) in [5.41, 5.74) is 5.22. The van der Waals surface area contributed by atoms with Crippen molar-refractivity contribution in [3.63, 3.8) is 0 Å². The minimum atomic E-state index is 0. The van der Waals surface area contributed by atoms with Gasteiger partial charge in [0, 0.05) is 6.42 Å². The number of fused-ring (bicyclic) bond motifs is 1. The largest absolute Gasteiger partial charge is 0.484 e. The molecular weight excluding hydrogens is 342 g/mol. The smallest absolute Gasteiger partial charge is 0.140 e. The highest BCUT2D eigenvalue weighted by molar-refractivity contribution is 5.85. The van der Waals surface area contributed by atoms with E-state index in [0.29, 0.717) is 6.04 Å². The molecule has 3 aromatic rings. The SMILES string of the molecule is CN[C@H]1Cc2ccccc2[C@H]1Oc1ccccc1Cc1ccccc1.Cl. The molecule has 0 aromatic heterocycles. The predicted octanol–water partition coefficient (Wildman–Crippen LogP) is 4.96. The minimum Gasteiger partial charge on any atom is -0.484 e. The van der Waals surface area contributed by atoms with Crippen molar-refractivity contribution in [3.05, 3.63) is 101 Å². The van der Waals surface area contributed by atoms with E-state index < -0.39 is 0 Å². The van der Waals surface area contributed by atoms with Gasteiger partial charge in [0.1, 0.15) is 11.9 Å². The fourth-order valence-corrected chi connectivity index (χ4v) is 3.67. The third-order valence-corrected chi connectivity index (χ3v) is 5.00. The zero-order valence-corrected chi connectivity index (χ0v) is 15.7. The van der Waals surface area contributed by atoms with Crippen molar-refractivity contribution in [2.75, 3.05) is 7.05 Å². The van der Waals surface area contributed by atoms with Gasteiger partial charge in [-0.15, -0.1) is 12.4 Å². The lowest BCUT2D eigenvalue weighted by atomic mass is 10.0. The number of para-hydroxylation sites is 1. The van der Waals surface area contributed by atoms with E-state index in [0.717, 1.165) is 18.6 Å². The van der Waals surface area contributed by atoms with Gasteiger partial charge in [0.05, 0.1) is 6.04 Å². The molecule has 3 heteroatoms. The van der Waals surface area contributed by atoms with Crippen molar-refractivity contribution >= 4 is 12.4 Å². The Morgan fingerprint density at radius 2 is 1.58 bits per heavy atom. The molecular formula is C23H24ClNO. The Bertz CT molecular complexity index is 850. The Hall–Kier alpha value is -2.29. The van der Waals surface area contributed by atoms with Crippen molar-refractivity contribution < 1.29 is 4.74 Å². The lowest BCUT2D eigenvalue weighted by Gasteiger charge is -2.23. The summed E-state index contributed by atoms with van der Waals surface area (Å²) in [4.78, 5) is 0. The maximum Gasteiger partial charge on any atom is 0.140 e. The average Bonchev–Trinajstić information content (AvgIpc) is 3.02. The summed E-state index contributed by atoms with van der Waals surface area (Å²) in [7, 11) is 2.02. The van der Waals surface area contributed by atoms with Crippen LogP contribution in [0.3, 0.4) is 0 Å². The molecule has 2 atom stereocenters. The van der Waals surface area contributed by atoms with Gasteiger partial charge in [-0.3, -0.25) is 0 Å². The second-order valence-corrected chi connectivity index (χ2v) is 6.61. The maximum absolute atomic E-state index is 6.55. The molecule has 134 valence electrons. The molecule has 1 aliphatic rings. The molecule has 1 N–H and O–H groups in total. The first-order valence-electron chi connectivity index (χ1n) is 8.88. The van der Waals surface area contributed by atoms with Crippen LogP contribution in [0, 0.1) is 0 Å². The zero-order chi connectivity index (χ0) is 17.1. The lowest BCUT2D eigenvalue weighted by Crippen LogP contribution is -2.32. The standard InChI is InChI=1S/C23H23NO.ClH/c1-24-21-16-18-11-5-7-13-20(18)23(21)25-22-14-8-6-12-19(22)15-17-9-3-2-4-10-17;/h2-14,21,23-24H,15-16H2,1H3;1H/t21-,23+;/m0./s1. The first-order valence-corrected chi connectivity index (χ1v) is 8.88. The molecule has 0 spiro atoms. The molecule has 4 rings (SSSR count). The van der Waals surface area contributed by atoms with E-state index in [9.17, 15) is 0 Å². The van der Waals surface area contributed by atoms with Gasteiger partial charge >= 0.3 is 0 Å². The van der Waals surface area contributed by atoms with Crippen LogP contribution in [-0.2, 0) is 12.8 Å². The Morgan fingerprint density at radius 3 is 2.38 bits per heavy atom. The number of nitrogens with one attached hydrogen (secondary N) is 1. The van der Waals surface area contributed by atoms with E-state index in [1.807, 2.05) is 7.05 Å². The number of rotatable bonds is 5. The molecule has 0 fully saturated rings. The third-order valence-electron chi connectivity index (χ3n) is 5.00. The second-order valence-electron chi connectivity index (χ2n) is 6.61. The second kappa shape index (κ2) is 8.39. The fourth-order valence-electron chi connectivity index (χ4n) is 3.67. The van der Waals surface area contributed by atoms with Gasteiger partial charge in [0.15, 0.2) is 0 Å². The number of hydrogen-bond donors (Lipinski definition) is 1. The minimum absolute atomic E-state index is 0. The summed E-state index contributed by atoms with van der Waals surface area (Å²) >= 11 is 0. The van der Waals surface area contributed by atoms with E-state index in [-0.39, 0.29) is 18.5 Å². The van der Waals surface area contributed by atoms with Crippen LogP contribution in [-0.4, -0.2) is 13.1 Å². The van der Waals surface area contributed by atoms with Crippen molar-refractivity contribution in [2.45, 2.75) is 25.0 Å². The molecule has 0 saturated carbocycles. The van der Waals surface area contributed by atoms with Crippen LogP contribution in [0.4, 0.5) is 0 Å². The van der Waals surface area contributed by atoms with E-state index in [1.165, 1.54) is 22.3 Å². The van der Waals surface area contributed by atoms with Gasteiger partial charge in [-0.25, -0.2) is 0 Å². The summed E-state index contributed by atoms with van der Waals surface area (Å²) < 4.78 is 6.55. The highest BCUT2D eigenvalue weighted by atomic mass is 35.5. The Labute approximate surface area is 161 Å². The molecule has 0 aliphatic heterocycles. The number of benzene rings is 3. The van der Waals surface area contributed by atoms with Gasteiger partial charge in [0.25, 0.3) is 0 Å². The molecule has 2 nitrogen and oxygen atoms in total. The van der Waals surface area contributed by atoms with Crippen LogP contribution in [0.25, 0.3) is 0 Å². The van der Waals surface area contributed by atoms with Crippen LogP contribution >= 0.6 is 12.4 Å². The van der Waals surface area contributed by atoms with Gasteiger partial charge in [-0.05, 0) is 41.8 Å². The van der Waals surface area contributed by atoms with Gasteiger partial charge < -0.3 is 10.1 Å². The first-order chi connectivity index (χ1) is 12.3. The molecule has 1 aliphatic carbocycles. The topological polar surface area (TPSA) is 21.3 Å². The molecule has 0 radical (unpaired) electrons. The number of ether oxygens (including phenoxy) is 1. The van der Waals surface area contributed by atoms with E-state index in [1.54, 1.807) is 0 Å². The normalized spacial score (nSPS) is 18.0. The molecule has 26 heavy (non-hydrogen) atoms. The zero-order valence-electron chi connectivity index (χ0n) is 14.9. The summed E-state index contributed by atoms with van der Waals surface area (Å²) in [6.07, 6.45) is 1.95. The van der Waals surface area contributed by atoms with E-state index in [4.69, 9.17) is 4.74 Å². The van der Waals surface area contributed by atoms with Crippen LogP contribution in [0.2, 0.25) is 0 Å². The summed E-state index contributed by atoms with van der Waals surface area (Å²) in [6, 6.07) is 27.9. The van der Waals surface area contributed by atoms with Crippen molar-refractivity contribution in [1.29, 1.82) is 0 Å². The molecule has 0 heterocycles. The third kappa shape index (κ3) is 3.77. The Balaban J connectivity index is 0.00000196. The van der Waals surface area contributed by atoms with Gasteiger partial charge in [-0.2, -0.15) is 0 Å². The first kappa shape index (κ1) is 18.5. The van der Waals surface area contributed by atoms with Crippen molar-refractivity contribution in [3.8, 4) is 5.75 Å². The predicted molar refractivity (Wildman–Crippen MR) is 109 cm³/mol. The van der Waals surface area contributed by atoms with Gasteiger partial charge in [-0.1, -0.05) is 72.8 Å². The van der Waals surface area contributed by atoms with Crippen LogP contribution in [0.15, 0.2) is 78.9 Å².